The number of hydrogen-bond acceptors (Lipinski definition) is 5. The predicted molar refractivity (Wildman–Crippen MR) is 150 cm³/mol. The molecule has 9 heteroatoms. The van der Waals surface area contributed by atoms with E-state index in [0.717, 1.165) is 16.5 Å². The van der Waals surface area contributed by atoms with E-state index in [2.05, 4.69) is 21.2 Å². The molecule has 4 aromatic rings. The topological polar surface area (TPSA) is 84.9 Å². The third-order valence-corrected chi connectivity index (χ3v) is 7.37. The number of rotatable bonds is 7. The average molecular weight is 594 g/mol. The van der Waals surface area contributed by atoms with E-state index in [4.69, 9.17) is 21.1 Å². The molecule has 0 radical (unpaired) electrons. The third kappa shape index (κ3) is 5.82. The van der Waals surface area contributed by atoms with Crippen LogP contribution in [0.3, 0.4) is 0 Å². The summed E-state index contributed by atoms with van der Waals surface area (Å²) in [5, 5.41) is 5.15. The lowest BCUT2D eigenvalue weighted by Crippen LogP contribution is -2.28. The van der Waals surface area contributed by atoms with Crippen molar-refractivity contribution in [3.63, 3.8) is 0 Å². The maximum atomic E-state index is 12.6. The predicted octanol–water partition coefficient (Wildman–Crippen LogP) is 6.58. The van der Waals surface area contributed by atoms with E-state index in [1.54, 1.807) is 42.5 Å². The van der Waals surface area contributed by atoms with Crippen LogP contribution < -0.4 is 15.0 Å². The second-order valence-corrected chi connectivity index (χ2v) is 10.0. The zero-order valence-electron chi connectivity index (χ0n) is 20.0. The Balaban J connectivity index is 1.16. The molecule has 1 atom stereocenters. The summed E-state index contributed by atoms with van der Waals surface area (Å²) in [6.45, 7) is -0.289. The van der Waals surface area contributed by atoms with E-state index < -0.39 is 24.4 Å². The normalized spacial score (nSPS) is 14.9. The Morgan fingerprint density at radius 3 is 2.55 bits per heavy atom. The van der Waals surface area contributed by atoms with Crippen LogP contribution in [0.15, 0.2) is 89.4 Å². The van der Waals surface area contributed by atoms with Gasteiger partial charge in [0.2, 0.25) is 5.91 Å². The molecule has 0 aromatic heterocycles. The van der Waals surface area contributed by atoms with Crippen molar-refractivity contribution in [2.45, 2.75) is 6.42 Å². The van der Waals surface area contributed by atoms with Crippen molar-refractivity contribution in [1.29, 1.82) is 0 Å². The average Bonchev–Trinajstić information content (AvgIpc) is 3.31. The van der Waals surface area contributed by atoms with Gasteiger partial charge >= 0.3 is 5.97 Å². The SMILES string of the molecule is O=C(COC(=O)[C@@H]1CC(=O)N(c2ccc(Oc3cccc4ccccc34)cc2)C1)Nc1ccc(Br)c(Cl)c1. The summed E-state index contributed by atoms with van der Waals surface area (Å²) < 4.78 is 12.0. The maximum Gasteiger partial charge on any atom is 0.311 e. The summed E-state index contributed by atoms with van der Waals surface area (Å²) in [5.41, 5.74) is 1.13. The standard InChI is InChI=1S/C29H22BrClN2O5/c30-24-13-8-20(15-25(24)31)32-27(34)17-37-29(36)19-14-28(35)33(16-19)21-9-11-22(12-10-21)38-26-7-3-5-18-4-1-2-6-23(18)26/h1-13,15,19H,14,16-17H2,(H,32,34)/t19-/m1/s1. The van der Waals surface area contributed by atoms with Crippen LogP contribution in [0.5, 0.6) is 11.5 Å². The van der Waals surface area contributed by atoms with E-state index in [-0.39, 0.29) is 18.9 Å². The summed E-state index contributed by atoms with van der Waals surface area (Å²) in [6.07, 6.45) is 0.0109. The van der Waals surface area contributed by atoms with Gasteiger partial charge in [0.15, 0.2) is 6.61 Å². The zero-order valence-corrected chi connectivity index (χ0v) is 22.4. The molecule has 1 aliphatic rings. The number of esters is 1. The first-order valence-corrected chi connectivity index (χ1v) is 13.0. The van der Waals surface area contributed by atoms with Gasteiger partial charge in [-0.2, -0.15) is 0 Å². The number of carbonyl (C=O) groups is 3. The molecule has 0 bridgehead atoms. The van der Waals surface area contributed by atoms with E-state index in [1.807, 2.05) is 42.5 Å². The Kier molecular flexibility index (Phi) is 7.62. The molecule has 1 saturated heterocycles. The molecular formula is C29H22BrClN2O5. The molecule has 38 heavy (non-hydrogen) atoms. The number of carbonyl (C=O) groups excluding carboxylic acids is 3. The van der Waals surface area contributed by atoms with Crippen molar-refractivity contribution in [3.05, 3.63) is 94.4 Å². The molecule has 4 aromatic carbocycles. The van der Waals surface area contributed by atoms with Crippen LogP contribution in [0.1, 0.15) is 6.42 Å². The number of benzene rings is 4. The van der Waals surface area contributed by atoms with Crippen LogP contribution in [0, 0.1) is 5.92 Å². The molecule has 1 heterocycles. The zero-order chi connectivity index (χ0) is 26.6. The second-order valence-electron chi connectivity index (χ2n) is 8.76. The van der Waals surface area contributed by atoms with Gasteiger partial charge in [0.1, 0.15) is 11.5 Å². The van der Waals surface area contributed by atoms with Gasteiger partial charge in [-0.25, -0.2) is 0 Å². The number of amides is 2. The molecule has 0 saturated carbocycles. The molecule has 0 spiro atoms. The van der Waals surface area contributed by atoms with Crippen LogP contribution in [0.25, 0.3) is 10.8 Å². The lowest BCUT2D eigenvalue weighted by molar-refractivity contribution is -0.151. The van der Waals surface area contributed by atoms with Crippen molar-refractivity contribution in [2.75, 3.05) is 23.4 Å². The Bertz CT molecular complexity index is 1520. The highest BCUT2D eigenvalue weighted by Crippen LogP contribution is 2.32. The summed E-state index contributed by atoms with van der Waals surface area (Å²) in [4.78, 5) is 38.9. The van der Waals surface area contributed by atoms with Gasteiger partial charge in [-0.15, -0.1) is 0 Å². The van der Waals surface area contributed by atoms with Gasteiger partial charge in [-0.3, -0.25) is 14.4 Å². The first-order chi connectivity index (χ1) is 18.4. The number of nitrogens with one attached hydrogen (secondary N) is 1. The molecule has 1 fully saturated rings. The molecule has 0 unspecified atom stereocenters. The van der Waals surface area contributed by atoms with E-state index in [0.29, 0.717) is 26.6 Å². The molecule has 0 aliphatic carbocycles. The van der Waals surface area contributed by atoms with Gasteiger partial charge in [0.25, 0.3) is 5.91 Å². The quantitative estimate of drug-likeness (QED) is 0.245. The first-order valence-electron chi connectivity index (χ1n) is 11.8. The van der Waals surface area contributed by atoms with E-state index >= 15 is 0 Å². The van der Waals surface area contributed by atoms with Gasteiger partial charge < -0.3 is 19.7 Å². The minimum atomic E-state index is -0.663. The fraction of sp³-hybridized carbons (Fsp3) is 0.138. The lowest BCUT2D eigenvalue weighted by atomic mass is 10.1. The molecule has 1 N–H and O–H groups in total. The maximum absolute atomic E-state index is 12.6. The highest BCUT2D eigenvalue weighted by Gasteiger charge is 2.36. The fourth-order valence-corrected chi connectivity index (χ4v) is 4.67. The molecule has 192 valence electrons. The minimum Gasteiger partial charge on any atom is -0.457 e. The molecule has 1 aliphatic heterocycles. The Morgan fingerprint density at radius 2 is 1.76 bits per heavy atom. The Hall–Kier alpha value is -3.88. The number of hydrogen-bond donors (Lipinski definition) is 1. The smallest absolute Gasteiger partial charge is 0.311 e. The number of halogens is 2. The van der Waals surface area contributed by atoms with Crippen LogP contribution in [0.4, 0.5) is 11.4 Å². The Morgan fingerprint density at radius 1 is 1.00 bits per heavy atom. The fourth-order valence-electron chi connectivity index (χ4n) is 4.25. The molecule has 2 amide bonds. The third-order valence-electron chi connectivity index (χ3n) is 6.13. The monoisotopic (exact) mass is 592 g/mol. The molecular weight excluding hydrogens is 572 g/mol. The summed E-state index contributed by atoms with van der Waals surface area (Å²) in [7, 11) is 0. The van der Waals surface area contributed by atoms with Crippen molar-refractivity contribution < 1.29 is 23.9 Å². The summed E-state index contributed by atoms with van der Waals surface area (Å²) in [5.74, 6) is -0.581. The van der Waals surface area contributed by atoms with Crippen LogP contribution in [-0.4, -0.2) is 30.9 Å². The summed E-state index contributed by atoms with van der Waals surface area (Å²) >= 11 is 9.31. The summed E-state index contributed by atoms with van der Waals surface area (Å²) in [6, 6.07) is 25.9. The number of anilines is 2. The number of ether oxygens (including phenoxy) is 2. The van der Waals surface area contributed by atoms with E-state index in [9.17, 15) is 14.4 Å². The highest BCUT2D eigenvalue weighted by atomic mass is 79.9. The van der Waals surface area contributed by atoms with Gasteiger partial charge in [0, 0.05) is 34.2 Å². The second kappa shape index (κ2) is 11.2. The van der Waals surface area contributed by atoms with Crippen molar-refractivity contribution in [2.24, 2.45) is 5.92 Å². The lowest BCUT2D eigenvalue weighted by Gasteiger charge is -2.17. The highest BCUT2D eigenvalue weighted by molar-refractivity contribution is 9.10. The van der Waals surface area contributed by atoms with Gasteiger partial charge in [-0.1, -0.05) is 48.0 Å². The van der Waals surface area contributed by atoms with Gasteiger partial charge in [0.05, 0.1) is 10.9 Å². The van der Waals surface area contributed by atoms with Crippen molar-refractivity contribution >= 4 is 67.5 Å². The minimum absolute atomic E-state index is 0.0109. The van der Waals surface area contributed by atoms with Crippen molar-refractivity contribution in [1.82, 2.24) is 0 Å². The largest absolute Gasteiger partial charge is 0.457 e. The number of nitrogens with zero attached hydrogens (tertiary/aromatic N) is 1. The molecule has 7 nitrogen and oxygen atoms in total. The van der Waals surface area contributed by atoms with Crippen LogP contribution in [-0.2, 0) is 19.1 Å². The van der Waals surface area contributed by atoms with E-state index in [1.165, 1.54) is 4.90 Å². The molecule has 5 rings (SSSR count). The number of fused-ring (bicyclic) bond motifs is 1. The van der Waals surface area contributed by atoms with Crippen LogP contribution >= 0.6 is 27.5 Å². The Labute approximate surface area is 232 Å². The van der Waals surface area contributed by atoms with Crippen molar-refractivity contribution in [3.8, 4) is 11.5 Å². The first kappa shape index (κ1) is 25.8. The van der Waals surface area contributed by atoms with Crippen LogP contribution in [0.2, 0.25) is 5.02 Å². The van der Waals surface area contributed by atoms with Gasteiger partial charge in [-0.05, 0) is 69.8 Å².